The van der Waals surface area contributed by atoms with Crippen LogP contribution in [0.2, 0.25) is 0 Å². The molecule has 2 rings (SSSR count). The van der Waals surface area contributed by atoms with Crippen molar-refractivity contribution in [3.63, 3.8) is 0 Å². The lowest BCUT2D eigenvalue weighted by Crippen LogP contribution is -2.38. The van der Waals surface area contributed by atoms with Crippen molar-refractivity contribution in [3.05, 3.63) is 54.1 Å². The molecular formula is C23H34N4O3. The van der Waals surface area contributed by atoms with E-state index < -0.39 is 0 Å². The van der Waals surface area contributed by atoms with Crippen LogP contribution in [0.15, 0.2) is 53.5 Å². The minimum absolute atomic E-state index is 0.121. The summed E-state index contributed by atoms with van der Waals surface area (Å²) < 4.78 is 16.4. The lowest BCUT2D eigenvalue weighted by molar-refractivity contribution is 0.172. The number of likely N-dealkylation sites (N-methyl/N-ethyl adjacent to an activating group) is 1. The van der Waals surface area contributed by atoms with Crippen LogP contribution in [0.5, 0.6) is 11.5 Å². The molecule has 0 saturated carbocycles. The van der Waals surface area contributed by atoms with Crippen LogP contribution in [0, 0.1) is 0 Å². The quantitative estimate of drug-likeness (QED) is 0.334. The van der Waals surface area contributed by atoms with Gasteiger partial charge in [0.05, 0.1) is 19.8 Å². The van der Waals surface area contributed by atoms with Gasteiger partial charge in [0.15, 0.2) is 5.96 Å². The van der Waals surface area contributed by atoms with Crippen LogP contribution in [0.1, 0.15) is 18.0 Å². The average molecular weight is 415 g/mol. The van der Waals surface area contributed by atoms with E-state index in [1.165, 1.54) is 0 Å². The summed E-state index contributed by atoms with van der Waals surface area (Å²) in [5.74, 6) is 2.37. The Morgan fingerprint density at radius 1 is 1.07 bits per heavy atom. The zero-order chi connectivity index (χ0) is 21.8. The molecule has 164 valence electrons. The van der Waals surface area contributed by atoms with Crippen molar-refractivity contribution < 1.29 is 14.2 Å². The number of ether oxygens (including phenoxy) is 3. The van der Waals surface area contributed by atoms with Gasteiger partial charge in [-0.3, -0.25) is 4.99 Å². The number of nitrogens with zero attached hydrogens (tertiary/aromatic N) is 2. The van der Waals surface area contributed by atoms with Crippen molar-refractivity contribution in [2.75, 3.05) is 60.4 Å². The van der Waals surface area contributed by atoms with Crippen LogP contribution in [-0.2, 0) is 4.74 Å². The third-order valence-corrected chi connectivity index (χ3v) is 4.67. The number of guanidine groups is 1. The molecule has 0 aromatic heterocycles. The van der Waals surface area contributed by atoms with Gasteiger partial charge in [-0.05, 0) is 32.3 Å². The van der Waals surface area contributed by atoms with E-state index >= 15 is 0 Å². The van der Waals surface area contributed by atoms with E-state index in [1.54, 1.807) is 21.3 Å². The second-order valence-corrected chi connectivity index (χ2v) is 7.02. The Balaban J connectivity index is 1.99. The summed E-state index contributed by atoms with van der Waals surface area (Å²) in [7, 11) is 9.26. The normalized spacial score (nSPS) is 12.5. The monoisotopic (exact) mass is 414 g/mol. The highest BCUT2D eigenvalue weighted by Crippen LogP contribution is 2.27. The first kappa shape index (κ1) is 23.5. The molecule has 7 nitrogen and oxygen atoms in total. The number of rotatable bonds is 11. The molecule has 0 bridgehead atoms. The highest BCUT2D eigenvalue weighted by Gasteiger charge is 2.18. The molecule has 2 aromatic rings. The molecule has 1 atom stereocenters. The topological polar surface area (TPSA) is 67.4 Å². The Labute approximate surface area is 180 Å². The van der Waals surface area contributed by atoms with E-state index in [2.05, 4.69) is 40.7 Å². The second-order valence-electron chi connectivity index (χ2n) is 7.02. The number of hydrogen-bond acceptors (Lipinski definition) is 5. The van der Waals surface area contributed by atoms with Crippen LogP contribution in [0.3, 0.4) is 0 Å². The van der Waals surface area contributed by atoms with E-state index in [0.29, 0.717) is 25.7 Å². The molecule has 1 unspecified atom stereocenters. The van der Waals surface area contributed by atoms with Crippen LogP contribution in [0.4, 0.5) is 5.69 Å². The molecule has 0 saturated heterocycles. The van der Waals surface area contributed by atoms with Crippen LogP contribution < -0.4 is 20.1 Å². The molecule has 0 aliphatic heterocycles. The highest BCUT2D eigenvalue weighted by atomic mass is 16.5. The zero-order valence-corrected chi connectivity index (χ0v) is 18.6. The summed E-state index contributed by atoms with van der Waals surface area (Å²) in [5.41, 5.74) is 2.03. The fraction of sp³-hybridized carbons (Fsp3) is 0.435. The number of methoxy groups -OCH3 is 2. The number of hydrogen-bond donors (Lipinski definition) is 2. The van der Waals surface area contributed by atoms with Gasteiger partial charge in [-0.2, -0.15) is 0 Å². The number of para-hydroxylation sites is 1. The molecule has 7 heteroatoms. The second kappa shape index (κ2) is 12.7. The first-order chi connectivity index (χ1) is 14.6. The molecule has 0 spiro atoms. The maximum Gasteiger partial charge on any atom is 0.195 e. The van der Waals surface area contributed by atoms with Gasteiger partial charge in [-0.25, -0.2) is 0 Å². The lowest BCUT2D eigenvalue weighted by Gasteiger charge is -2.27. The molecule has 0 aliphatic carbocycles. The van der Waals surface area contributed by atoms with E-state index in [4.69, 9.17) is 14.2 Å². The number of benzene rings is 2. The van der Waals surface area contributed by atoms with Crippen molar-refractivity contribution in [1.82, 2.24) is 10.2 Å². The number of aliphatic imine (C=N–C) groups is 1. The minimum Gasteiger partial charge on any atom is -0.496 e. The summed E-state index contributed by atoms with van der Waals surface area (Å²) in [6, 6.07) is 16.0. The summed E-state index contributed by atoms with van der Waals surface area (Å²) in [5, 5.41) is 6.74. The maximum atomic E-state index is 5.78. The van der Waals surface area contributed by atoms with E-state index in [9.17, 15) is 0 Å². The van der Waals surface area contributed by atoms with Crippen LogP contribution in [0.25, 0.3) is 0 Å². The molecule has 0 aliphatic rings. The Morgan fingerprint density at radius 2 is 1.87 bits per heavy atom. The Bertz CT molecular complexity index is 796. The average Bonchev–Trinajstić information content (AvgIpc) is 2.76. The summed E-state index contributed by atoms with van der Waals surface area (Å²) in [6.45, 7) is 1.97. The number of anilines is 1. The maximum absolute atomic E-state index is 5.78. The SMILES string of the molecule is CN=C(NCC(c1ccccc1OC)N(C)C)Nc1cccc(OCCCOC)c1. The van der Waals surface area contributed by atoms with Gasteiger partial charge in [0.2, 0.25) is 0 Å². The molecule has 2 aromatic carbocycles. The minimum atomic E-state index is 0.121. The van der Waals surface area contributed by atoms with Crippen molar-refractivity contribution in [1.29, 1.82) is 0 Å². The van der Waals surface area contributed by atoms with E-state index in [-0.39, 0.29) is 6.04 Å². The predicted octanol–water partition coefficient (Wildman–Crippen LogP) is 3.40. The zero-order valence-electron chi connectivity index (χ0n) is 18.6. The first-order valence-corrected chi connectivity index (χ1v) is 10.1. The van der Waals surface area contributed by atoms with Crippen molar-refractivity contribution >= 4 is 11.6 Å². The standard InChI is InChI=1S/C23H34N4O3/c1-24-23(26-18-10-8-11-19(16-18)30-15-9-14-28-4)25-17-21(27(2)3)20-12-6-7-13-22(20)29-5/h6-8,10-13,16,21H,9,14-15,17H2,1-5H3,(H2,24,25,26). The van der Waals surface area contributed by atoms with Crippen molar-refractivity contribution in [2.24, 2.45) is 4.99 Å². The fourth-order valence-corrected chi connectivity index (χ4v) is 3.08. The van der Waals surface area contributed by atoms with Gasteiger partial charge in [0.1, 0.15) is 11.5 Å². The third-order valence-electron chi connectivity index (χ3n) is 4.67. The molecular weight excluding hydrogens is 380 g/mol. The number of nitrogens with one attached hydrogen (secondary N) is 2. The highest BCUT2D eigenvalue weighted by molar-refractivity contribution is 5.93. The molecule has 2 N–H and O–H groups in total. The summed E-state index contributed by atoms with van der Waals surface area (Å²) >= 11 is 0. The van der Waals surface area contributed by atoms with Crippen LogP contribution >= 0.6 is 0 Å². The molecule has 0 amide bonds. The molecule has 0 fully saturated rings. The predicted molar refractivity (Wildman–Crippen MR) is 123 cm³/mol. The smallest absolute Gasteiger partial charge is 0.195 e. The molecule has 30 heavy (non-hydrogen) atoms. The van der Waals surface area contributed by atoms with Crippen LogP contribution in [-0.4, -0.2) is 66.0 Å². The van der Waals surface area contributed by atoms with Gasteiger partial charge >= 0.3 is 0 Å². The van der Waals surface area contributed by atoms with E-state index in [1.807, 2.05) is 42.5 Å². The van der Waals surface area contributed by atoms with Gasteiger partial charge in [0.25, 0.3) is 0 Å². The van der Waals surface area contributed by atoms with E-state index in [0.717, 1.165) is 29.2 Å². The summed E-state index contributed by atoms with van der Waals surface area (Å²) in [6.07, 6.45) is 0.853. The largest absolute Gasteiger partial charge is 0.496 e. The Morgan fingerprint density at radius 3 is 2.57 bits per heavy atom. The summed E-state index contributed by atoms with van der Waals surface area (Å²) in [4.78, 5) is 6.51. The third kappa shape index (κ3) is 7.24. The first-order valence-electron chi connectivity index (χ1n) is 10.1. The molecule has 0 radical (unpaired) electrons. The lowest BCUT2D eigenvalue weighted by atomic mass is 10.0. The van der Waals surface area contributed by atoms with Crippen molar-refractivity contribution in [2.45, 2.75) is 12.5 Å². The Hall–Kier alpha value is -2.77. The van der Waals surface area contributed by atoms with Gasteiger partial charge in [-0.15, -0.1) is 0 Å². The van der Waals surface area contributed by atoms with Crippen molar-refractivity contribution in [3.8, 4) is 11.5 Å². The fourth-order valence-electron chi connectivity index (χ4n) is 3.08. The molecule has 0 heterocycles. The Kier molecular flexibility index (Phi) is 9.97. The van der Waals surface area contributed by atoms with Gasteiger partial charge in [0, 0.05) is 51.0 Å². The van der Waals surface area contributed by atoms with Gasteiger partial charge in [-0.1, -0.05) is 24.3 Å². The van der Waals surface area contributed by atoms with Gasteiger partial charge < -0.3 is 29.7 Å².